The monoisotopic (exact) mass is 489 g/mol. The van der Waals surface area contributed by atoms with Gasteiger partial charge in [-0.1, -0.05) is 66.4 Å². The quantitative estimate of drug-likeness (QED) is 0.264. The van der Waals surface area contributed by atoms with Crippen LogP contribution in [0, 0.1) is 18.8 Å². The van der Waals surface area contributed by atoms with E-state index >= 15 is 0 Å². The largest absolute Gasteiger partial charge is 0.497 e. The van der Waals surface area contributed by atoms with Gasteiger partial charge in [-0.2, -0.15) is 4.31 Å². The van der Waals surface area contributed by atoms with Gasteiger partial charge in [-0.15, -0.1) is 0 Å². The lowest BCUT2D eigenvalue weighted by Crippen LogP contribution is -2.37. The van der Waals surface area contributed by atoms with E-state index < -0.39 is 22.0 Å². The molecule has 1 unspecified atom stereocenters. The number of rotatable bonds is 8. The maximum Gasteiger partial charge on any atom is 0.335 e. The summed E-state index contributed by atoms with van der Waals surface area (Å²) in [7, 11) is -1.33. The highest BCUT2D eigenvalue weighted by Gasteiger charge is 2.36. The SMILES string of the molecule is C=C(C(=O)OC)C(c1ccc(OC)cc1)N(CC#Cc1ccccc1)S(=O)(=O)c1ccc(C)cc1. The predicted molar refractivity (Wildman–Crippen MR) is 135 cm³/mol. The average molecular weight is 490 g/mol. The van der Waals surface area contributed by atoms with E-state index in [1.54, 1.807) is 36.4 Å². The molecule has 3 rings (SSSR count). The molecular formula is C28H27NO5S. The molecule has 0 aliphatic carbocycles. The zero-order valence-corrected chi connectivity index (χ0v) is 20.7. The number of carbonyl (C=O) groups excluding carboxylic acids is 1. The number of hydrogen-bond donors (Lipinski definition) is 0. The molecule has 0 spiro atoms. The maximum atomic E-state index is 13.9. The highest BCUT2D eigenvalue weighted by atomic mass is 32.2. The molecular weight excluding hydrogens is 462 g/mol. The number of hydrogen-bond acceptors (Lipinski definition) is 5. The molecule has 1 atom stereocenters. The summed E-state index contributed by atoms with van der Waals surface area (Å²) >= 11 is 0. The molecule has 0 aliphatic rings. The van der Waals surface area contributed by atoms with Crippen molar-refractivity contribution in [3.8, 4) is 17.6 Å². The van der Waals surface area contributed by atoms with Gasteiger partial charge in [0.05, 0.1) is 37.3 Å². The normalized spacial score (nSPS) is 11.8. The molecule has 0 heterocycles. The van der Waals surface area contributed by atoms with Gasteiger partial charge in [-0.05, 0) is 48.9 Å². The molecule has 180 valence electrons. The summed E-state index contributed by atoms with van der Waals surface area (Å²) in [4.78, 5) is 12.6. The molecule has 0 saturated carbocycles. The van der Waals surface area contributed by atoms with Crippen LogP contribution in [0.25, 0.3) is 0 Å². The predicted octanol–water partition coefficient (Wildman–Crippen LogP) is 4.52. The van der Waals surface area contributed by atoms with E-state index in [2.05, 4.69) is 18.4 Å². The minimum Gasteiger partial charge on any atom is -0.497 e. The van der Waals surface area contributed by atoms with Crippen molar-refractivity contribution >= 4 is 16.0 Å². The number of esters is 1. The van der Waals surface area contributed by atoms with Gasteiger partial charge in [0.1, 0.15) is 5.75 Å². The maximum absolute atomic E-state index is 13.9. The van der Waals surface area contributed by atoms with Crippen molar-refractivity contribution in [2.75, 3.05) is 20.8 Å². The summed E-state index contributed by atoms with van der Waals surface area (Å²) < 4.78 is 39.1. The first kappa shape index (κ1) is 25.8. The second-order valence-electron chi connectivity index (χ2n) is 7.72. The minimum atomic E-state index is -4.09. The molecule has 0 saturated heterocycles. The number of benzene rings is 3. The van der Waals surface area contributed by atoms with Crippen LogP contribution < -0.4 is 4.74 Å². The lowest BCUT2D eigenvalue weighted by molar-refractivity contribution is -0.136. The Morgan fingerprint density at radius 3 is 2.17 bits per heavy atom. The molecule has 0 radical (unpaired) electrons. The molecule has 0 aromatic heterocycles. The van der Waals surface area contributed by atoms with E-state index in [9.17, 15) is 13.2 Å². The smallest absolute Gasteiger partial charge is 0.335 e. The number of sulfonamides is 1. The first-order valence-electron chi connectivity index (χ1n) is 10.8. The van der Waals surface area contributed by atoms with Crippen LogP contribution in [0.15, 0.2) is 95.9 Å². The third-order valence-electron chi connectivity index (χ3n) is 5.37. The van der Waals surface area contributed by atoms with Crippen LogP contribution in [0.2, 0.25) is 0 Å². The van der Waals surface area contributed by atoms with Crippen molar-refractivity contribution in [2.24, 2.45) is 0 Å². The average Bonchev–Trinajstić information content (AvgIpc) is 2.88. The lowest BCUT2D eigenvalue weighted by atomic mass is 9.99. The molecule has 0 amide bonds. The molecule has 0 bridgehead atoms. The second-order valence-corrected chi connectivity index (χ2v) is 9.61. The third kappa shape index (κ3) is 6.18. The van der Waals surface area contributed by atoms with Gasteiger partial charge in [0, 0.05) is 5.56 Å². The van der Waals surface area contributed by atoms with Crippen LogP contribution in [0.4, 0.5) is 0 Å². The van der Waals surface area contributed by atoms with Crippen LogP contribution in [0.5, 0.6) is 5.75 Å². The van der Waals surface area contributed by atoms with Crippen molar-refractivity contribution in [1.82, 2.24) is 4.31 Å². The molecule has 7 heteroatoms. The van der Waals surface area contributed by atoms with Crippen molar-refractivity contribution in [1.29, 1.82) is 0 Å². The van der Waals surface area contributed by atoms with Crippen LogP contribution >= 0.6 is 0 Å². The Kier molecular flexibility index (Phi) is 8.48. The summed E-state index contributed by atoms with van der Waals surface area (Å²) in [5, 5.41) is 0. The van der Waals surface area contributed by atoms with Gasteiger partial charge in [0.25, 0.3) is 0 Å². The standard InChI is InChI=1S/C28H27NO5S/c1-21-12-18-26(19-13-21)35(31,32)29(20-8-11-23-9-6-5-7-10-23)27(22(2)28(30)34-4)24-14-16-25(33-3)17-15-24/h5-7,9-10,12-19,27H,2,20H2,1,3-4H3. The Morgan fingerprint density at radius 2 is 1.60 bits per heavy atom. The first-order valence-corrected chi connectivity index (χ1v) is 12.3. The van der Waals surface area contributed by atoms with Crippen molar-refractivity contribution < 1.29 is 22.7 Å². The zero-order valence-electron chi connectivity index (χ0n) is 19.9. The van der Waals surface area contributed by atoms with E-state index in [0.717, 1.165) is 11.1 Å². The van der Waals surface area contributed by atoms with Crippen LogP contribution in [0.1, 0.15) is 22.7 Å². The second kappa shape index (κ2) is 11.5. The van der Waals surface area contributed by atoms with Crippen molar-refractivity contribution in [2.45, 2.75) is 17.9 Å². The molecule has 3 aromatic carbocycles. The number of aryl methyl sites for hydroxylation is 1. The highest BCUT2D eigenvalue weighted by Crippen LogP contribution is 2.34. The topological polar surface area (TPSA) is 72.9 Å². The number of ether oxygens (including phenoxy) is 2. The molecule has 3 aromatic rings. The fraction of sp³-hybridized carbons (Fsp3) is 0.179. The van der Waals surface area contributed by atoms with E-state index in [4.69, 9.17) is 9.47 Å². The van der Waals surface area contributed by atoms with Gasteiger partial charge < -0.3 is 9.47 Å². The van der Waals surface area contributed by atoms with E-state index in [1.165, 1.54) is 30.7 Å². The van der Waals surface area contributed by atoms with Gasteiger partial charge in [-0.3, -0.25) is 0 Å². The van der Waals surface area contributed by atoms with E-state index in [-0.39, 0.29) is 17.0 Å². The lowest BCUT2D eigenvalue weighted by Gasteiger charge is -2.30. The van der Waals surface area contributed by atoms with Gasteiger partial charge in [-0.25, -0.2) is 13.2 Å². The highest BCUT2D eigenvalue weighted by molar-refractivity contribution is 7.89. The molecule has 6 nitrogen and oxygen atoms in total. The Morgan fingerprint density at radius 1 is 0.971 bits per heavy atom. The van der Waals surface area contributed by atoms with Gasteiger partial charge in [0.15, 0.2) is 0 Å². The molecule has 0 fully saturated rings. The van der Waals surface area contributed by atoms with Crippen LogP contribution in [-0.2, 0) is 19.6 Å². The Hall–Kier alpha value is -3.86. The van der Waals surface area contributed by atoms with E-state index in [1.807, 2.05) is 37.3 Å². The summed E-state index contributed by atoms with van der Waals surface area (Å²) in [6.45, 7) is 5.58. The fourth-order valence-electron chi connectivity index (χ4n) is 3.47. The Bertz CT molecular complexity index is 1340. The zero-order chi connectivity index (χ0) is 25.4. The molecule has 0 N–H and O–H groups in total. The summed E-state index contributed by atoms with van der Waals surface area (Å²) in [5.74, 6) is 5.82. The van der Waals surface area contributed by atoms with Crippen LogP contribution in [-0.4, -0.2) is 39.5 Å². The minimum absolute atomic E-state index is 0.0325. The summed E-state index contributed by atoms with van der Waals surface area (Å²) in [6, 6.07) is 21.5. The van der Waals surface area contributed by atoms with Crippen molar-refractivity contribution in [3.63, 3.8) is 0 Å². The third-order valence-corrected chi connectivity index (χ3v) is 7.19. The summed E-state index contributed by atoms with van der Waals surface area (Å²) in [6.07, 6.45) is 0. The number of carbonyl (C=O) groups is 1. The first-order chi connectivity index (χ1) is 16.8. The Balaban J connectivity index is 2.16. The number of methoxy groups -OCH3 is 2. The van der Waals surface area contributed by atoms with E-state index in [0.29, 0.717) is 11.3 Å². The molecule has 0 aliphatic heterocycles. The Labute approximate surface area is 206 Å². The summed E-state index contributed by atoms with van der Waals surface area (Å²) in [5.41, 5.74) is 2.16. The fourth-order valence-corrected chi connectivity index (χ4v) is 4.98. The van der Waals surface area contributed by atoms with Gasteiger partial charge in [0.2, 0.25) is 10.0 Å². The number of nitrogens with zero attached hydrogens (tertiary/aromatic N) is 1. The van der Waals surface area contributed by atoms with Crippen molar-refractivity contribution in [3.05, 3.63) is 108 Å². The van der Waals surface area contributed by atoms with Gasteiger partial charge >= 0.3 is 5.97 Å². The molecule has 35 heavy (non-hydrogen) atoms. The van der Waals surface area contributed by atoms with Crippen LogP contribution in [0.3, 0.4) is 0 Å².